The third kappa shape index (κ3) is 3.67. The summed E-state index contributed by atoms with van der Waals surface area (Å²) in [5.41, 5.74) is 7.69. The lowest BCUT2D eigenvalue weighted by atomic mass is 10.0. The van der Waals surface area contributed by atoms with Crippen molar-refractivity contribution in [3.8, 4) is 5.75 Å². The zero-order valence-electron chi connectivity index (χ0n) is 12.5. The van der Waals surface area contributed by atoms with E-state index >= 15 is 0 Å². The monoisotopic (exact) mass is 321 g/mol. The van der Waals surface area contributed by atoms with Crippen LogP contribution in [0.25, 0.3) is 0 Å². The van der Waals surface area contributed by atoms with Gasteiger partial charge in [0.2, 0.25) is 0 Å². The number of rotatable bonds is 2. The van der Waals surface area contributed by atoms with E-state index in [2.05, 4.69) is 6.07 Å². The summed E-state index contributed by atoms with van der Waals surface area (Å²) < 4.78 is 43.8. The largest absolute Gasteiger partial charge is 0.486 e. The fourth-order valence-electron chi connectivity index (χ4n) is 2.94. The van der Waals surface area contributed by atoms with Gasteiger partial charge in [-0.1, -0.05) is 24.3 Å². The third-order valence-corrected chi connectivity index (χ3v) is 4.16. The van der Waals surface area contributed by atoms with Crippen molar-refractivity contribution in [3.63, 3.8) is 0 Å². The Morgan fingerprint density at radius 1 is 1.00 bits per heavy atom. The van der Waals surface area contributed by atoms with Crippen molar-refractivity contribution in [2.75, 3.05) is 0 Å². The number of halogens is 3. The molecule has 0 saturated heterocycles. The second-order valence-corrected chi connectivity index (χ2v) is 5.86. The maximum atomic E-state index is 12.6. The van der Waals surface area contributed by atoms with Crippen LogP contribution in [0.2, 0.25) is 0 Å². The molecule has 0 saturated carbocycles. The van der Waals surface area contributed by atoms with Crippen molar-refractivity contribution in [1.82, 2.24) is 0 Å². The van der Waals surface area contributed by atoms with Gasteiger partial charge in [0.1, 0.15) is 11.9 Å². The van der Waals surface area contributed by atoms with E-state index in [0.717, 1.165) is 30.5 Å². The van der Waals surface area contributed by atoms with Gasteiger partial charge in [-0.2, -0.15) is 13.2 Å². The van der Waals surface area contributed by atoms with Crippen molar-refractivity contribution in [2.45, 2.75) is 37.6 Å². The van der Waals surface area contributed by atoms with Gasteiger partial charge in [0.15, 0.2) is 0 Å². The second kappa shape index (κ2) is 6.24. The number of ether oxygens (including phenoxy) is 1. The van der Waals surface area contributed by atoms with Crippen LogP contribution in [0.15, 0.2) is 48.5 Å². The molecule has 2 aromatic rings. The molecule has 23 heavy (non-hydrogen) atoms. The van der Waals surface area contributed by atoms with Gasteiger partial charge >= 0.3 is 6.18 Å². The molecule has 2 unspecified atom stereocenters. The summed E-state index contributed by atoms with van der Waals surface area (Å²) in [6.07, 6.45) is -2.15. The van der Waals surface area contributed by atoms with Crippen LogP contribution in [0.1, 0.15) is 35.6 Å². The number of aryl methyl sites for hydroxylation is 1. The predicted molar refractivity (Wildman–Crippen MR) is 82.2 cm³/mol. The maximum Gasteiger partial charge on any atom is 0.416 e. The van der Waals surface area contributed by atoms with Crippen molar-refractivity contribution < 1.29 is 17.9 Å². The lowest BCUT2D eigenvalue weighted by molar-refractivity contribution is -0.137. The Bertz CT molecular complexity index is 667. The summed E-state index contributed by atoms with van der Waals surface area (Å²) in [7, 11) is 0. The SMILES string of the molecule is NC1CCc2ccccc2C(Oc2ccc(C(F)(F)F)cc2)C1. The first-order valence-electron chi connectivity index (χ1n) is 7.61. The van der Waals surface area contributed by atoms with Crippen molar-refractivity contribution in [1.29, 1.82) is 0 Å². The quantitative estimate of drug-likeness (QED) is 0.827. The van der Waals surface area contributed by atoms with Crippen molar-refractivity contribution >= 4 is 0 Å². The minimum Gasteiger partial charge on any atom is -0.486 e. The molecule has 0 aromatic heterocycles. The van der Waals surface area contributed by atoms with Gasteiger partial charge in [-0.15, -0.1) is 0 Å². The first-order valence-corrected chi connectivity index (χ1v) is 7.61. The number of alkyl halides is 3. The molecule has 2 N–H and O–H groups in total. The van der Waals surface area contributed by atoms with Gasteiger partial charge in [0, 0.05) is 12.5 Å². The zero-order valence-corrected chi connectivity index (χ0v) is 12.5. The second-order valence-electron chi connectivity index (χ2n) is 5.86. The fraction of sp³-hybridized carbons (Fsp3) is 0.333. The Morgan fingerprint density at radius 2 is 1.70 bits per heavy atom. The number of benzene rings is 2. The van der Waals surface area contributed by atoms with E-state index in [1.807, 2.05) is 18.2 Å². The first kappa shape index (κ1) is 15.9. The van der Waals surface area contributed by atoms with Crippen LogP contribution in [0, 0.1) is 0 Å². The molecule has 3 rings (SSSR count). The lowest BCUT2D eigenvalue weighted by Gasteiger charge is -2.21. The van der Waals surface area contributed by atoms with Crippen LogP contribution in [0.4, 0.5) is 13.2 Å². The maximum absolute atomic E-state index is 12.6. The summed E-state index contributed by atoms with van der Waals surface area (Å²) in [5, 5.41) is 0. The third-order valence-electron chi connectivity index (χ3n) is 4.16. The van der Waals surface area contributed by atoms with Crippen LogP contribution in [0.3, 0.4) is 0 Å². The van der Waals surface area contributed by atoms with Crippen molar-refractivity contribution in [2.24, 2.45) is 5.73 Å². The zero-order chi connectivity index (χ0) is 16.4. The summed E-state index contributed by atoms with van der Waals surface area (Å²) in [6.45, 7) is 0. The molecule has 2 nitrogen and oxygen atoms in total. The minimum absolute atomic E-state index is 0.0156. The van der Waals surface area contributed by atoms with Crippen LogP contribution in [-0.2, 0) is 12.6 Å². The molecule has 0 heterocycles. The van der Waals surface area contributed by atoms with Gasteiger partial charge in [-0.05, 0) is 48.2 Å². The molecule has 122 valence electrons. The van der Waals surface area contributed by atoms with Crippen LogP contribution < -0.4 is 10.5 Å². The van der Waals surface area contributed by atoms with Gasteiger partial charge in [0.05, 0.1) is 5.56 Å². The number of nitrogens with two attached hydrogens (primary N) is 1. The number of hydrogen-bond acceptors (Lipinski definition) is 2. The van der Waals surface area contributed by atoms with Gasteiger partial charge in [-0.3, -0.25) is 0 Å². The molecule has 2 atom stereocenters. The van der Waals surface area contributed by atoms with Gasteiger partial charge < -0.3 is 10.5 Å². The summed E-state index contributed by atoms with van der Waals surface area (Å²) in [4.78, 5) is 0. The molecular weight excluding hydrogens is 303 g/mol. The first-order chi connectivity index (χ1) is 10.9. The van der Waals surface area contributed by atoms with E-state index in [9.17, 15) is 13.2 Å². The highest BCUT2D eigenvalue weighted by Crippen LogP contribution is 2.34. The molecular formula is C18H18F3NO. The molecule has 2 aromatic carbocycles. The standard InChI is InChI=1S/C18H18F3NO/c19-18(20,21)13-6-9-15(10-7-13)23-17-11-14(22)8-5-12-3-1-2-4-16(12)17/h1-4,6-7,9-10,14,17H,5,8,11,22H2. The highest BCUT2D eigenvalue weighted by atomic mass is 19.4. The smallest absolute Gasteiger partial charge is 0.416 e. The van der Waals surface area contributed by atoms with E-state index in [1.54, 1.807) is 0 Å². The fourth-order valence-corrected chi connectivity index (χ4v) is 2.94. The Morgan fingerprint density at radius 3 is 2.39 bits per heavy atom. The molecule has 0 amide bonds. The number of hydrogen-bond donors (Lipinski definition) is 1. The summed E-state index contributed by atoms with van der Waals surface area (Å²) in [6, 6.07) is 12.8. The molecule has 0 fully saturated rings. The Labute approximate surface area is 133 Å². The van der Waals surface area contributed by atoms with Crippen LogP contribution in [0.5, 0.6) is 5.75 Å². The molecule has 0 radical (unpaired) electrons. The van der Waals surface area contributed by atoms with Gasteiger partial charge in [-0.25, -0.2) is 0 Å². The molecule has 0 spiro atoms. The highest BCUT2D eigenvalue weighted by molar-refractivity contribution is 5.34. The highest BCUT2D eigenvalue weighted by Gasteiger charge is 2.30. The molecule has 5 heteroatoms. The van der Waals surface area contributed by atoms with E-state index in [0.29, 0.717) is 12.2 Å². The predicted octanol–water partition coefficient (Wildman–Crippen LogP) is 4.49. The Hall–Kier alpha value is -2.01. The molecule has 1 aliphatic carbocycles. The van der Waals surface area contributed by atoms with E-state index in [4.69, 9.17) is 10.5 Å². The number of fused-ring (bicyclic) bond motifs is 1. The van der Waals surface area contributed by atoms with Crippen LogP contribution in [-0.4, -0.2) is 6.04 Å². The lowest BCUT2D eigenvalue weighted by Crippen LogP contribution is -2.23. The molecule has 0 bridgehead atoms. The minimum atomic E-state index is -4.34. The van der Waals surface area contributed by atoms with E-state index in [1.165, 1.54) is 17.7 Å². The van der Waals surface area contributed by atoms with Crippen LogP contribution >= 0.6 is 0 Å². The average molecular weight is 321 g/mol. The molecule has 1 aliphatic rings. The topological polar surface area (TPSA) is 35.2 Å². The Balaban J connectivity index is 1.84. The Kier molecular flexibility index (Phi) is 4.31. The molecule has 0 aliphatic heterocycles. The van der Waals surface area contributed by atoms with E-state index in [-0.39, 0.29) is 12.1 Å². The normalized spacial score (nSPS) is 21.4. The van der Waals surface area contributed by atoms with Gasteiger partial charge in [0.25, 0.3) is 0 Å². The van der Waals surface area contributed by atoms with Crippen molar-refractivity contribution in [3.05, 3.63) is 65.2 Å². The summed E-state index contributed by atoms with van der Waals surface area (Å²) >= 11 is 0. The summed E-state index contributed by atoms with van der Waals surface area (Å²) in [5.74, 6) is 0.423. The van der Waals surface area contributed by atoms with E-state index < -0.39 is 11.7 Å². The average Bonchev–Trinajstić information content (AvgIpc) is 2.67.